The first kappa shape index (κ1) is 16.3. The van der Waals surface area contributed by atoms with Crippen molar-refractivity contribution < 1.29 is 4.74 Å². The molecule has 0 spiro atoms. The van der Waals surface area contributed by atoms with Gasteiger partial charge in [0.1, 0.15) is 5.75 Å². The van der Waals surface area contributed by atoms with Gasteiger partial charge in [-0.3, -0.25) is 13.8 Å². The summed E-state index contributed by atoms with van der Waals surface area (Å²) in [5, 5.41) is 8.82. The number of aromatic nitrogens is 4. The van der Waals surface area contributed by atoms with Crippen molar-refractivity contribution in [3.63, 3.8) is 0 Å². The zero-order valence-electron chi connectivity index (χ0n) is 13.6. The summed E-state index contributed by atoms with van der Waals surface area (Å²) >= 11 is 1.51. The molecule has 3 rings (SSSR count). The van der Waals surface area contributed by atoms with Crippen molar-refractivity contribution in [1.82, 2.24) is 19.2 Å². The molecule has 2 aromatic heterocycles. The molecule has 124 valence electrons. The number of benzene rings is 1. The van der Waals surface area contributed by atoms with Gasteiger partial charge in [-0.05, 0) is 38.1 Å². The van der Waals surface area contributed by atoms with E-state index in [4.69, 9.17) is 4.74 Å². The van der Waals surface area contributed by atoms with E-state index >= 15 is 0 Å². The lowest BCUT2D eigenvalue weighted by Crippen LogP contribution is -2.20. The van der Waals surface area contributed by atoms with Crippen LogP contribution in [-0.2, 0) is 0 Å². The number of fused-ring (bicyclic) bond motifs is 1. The number of nitrogens with zero attached hydrogens (tertiary/aromatic N) is 4. The molecular weight excluding hydrogens is 324 g/mol. The van der Waals surface area contributed by atoms with Crippen LogP contribution in [0.25, 0.3) is 11.3 Å². The second-order valence-corrected chi connectivity index (χ2v) is 6.26. The Kier molecular flexibility index (Phi) is 4.71. The fourth-order valence-corrected chi connectivity index (χ4v) is 2.99. The number of hydrogen-bond acceptors (Lipinski definition) is 5. The molecule has 2 heterocycles. The fourth-order valence-electron chi connectivity index (χ4n) is 2.23. The van der Waals surface area contributed by atoms with E-state index < -0.39 is 0 Å². The van der Waals surface area contributed by atoms with Gasteiger partial charge in [-0.1, -0.05) is 23.9 Å². The average Bonchev–Trinajstić information content (AvgIpc) is 2.99. The van der Waals surface area contributed by atoms with Crippen molar-refractivity contribution in [2.75, 3.05) is 12.4 Å². The summed E-state index contributed by atoms with van der Waals surface area (Å²) in [6.07, 6.45) is 3.52. The van der Waals surface area contributed by atoms with E-state index in [9.17, 15) is 4.79 Å². The molecule has 0 N–H and O–H groups in total. The molecule has 1 aromatic carbocycles. The van der Waals surface area contributed by atoms with Crippen LogP contribution in [0.5, 0.6) is 5.75 Å². The fraction of sp³-hybridized carbons (Fsp3) is 0.235. The first-order chi connectivity index (χ1) is 11.6. The summed E-state index contributed by atoms with van der Waals surface area (Å²) in [6.45, 7) is 8.36. The molecule has 0 bridgehead atoms. The number of hydrogen-bond donors (Lipinski definition) is 0. The maximum Gasteiger partial charge on any atom is 0.300 e. The zero-order valence-corrected chi connectivity index (χ0v) is 14.4. The lowest BCUT2D eigenvalue weighted by Gasteiger charge is -2.08. The van der Waals surface area contributed by atoms with E-state index in [1.165, 1.54) is 11.8 Å². The van der Waals surface area contributed by atoms with Crippen LogP contribution in [0.1, 0.15) is 13.8 Å². The zero-order chi connectivity index (χ0) is 17.1. The minimum atomic E-state index is -0.212. The van der Waals surface area contributed by atoms with Crippen molar-refractivity contribution in [3.05, 3.63) is 59.2 Å². The van der Waals surface area contributed by atoms with E-state index in [-0.39, 0.29) is 5.56 Å². The second kappa shape index (κ2) is 6.92. The Morgan fingerprint density at radius 2 is 2.00 bits per heavy atom. The maximum absolute atomic E-state index is 12.7. The molecule has 3 aromatic rings. The van der Waals surface area contributed by atoms with E-state index in [1.54, 1.807) is 21.4 Å². The van der Waals surface area contributed by atoms with Gasteiger partial charge in [-0.15, -0.1) is 10.2 Å². The number of rotatable bonds is 6. The predicted molar refractivity (Wildman–Crippen MR) is 95.3 cm³/mol. The normalized spacial score (nSPS) is 10.9. The highest BCUT2D eigenvalue weighted by molar-refractivity contribution is 7.99. The van der Waals surface area contributed by atoms with Crippen LogP contribution in [0.15, 0.2) is 58.8 Å². The highest BCUT2D eigenvalue weighted by atomic mass is 32.2. The first-order valence-electron chi connectivity index (χ1n) is 7.57. The van der Waals surface area contributed by atoms with Crippen LogP contribution < -0.4 is 10.3 Å². The number of thioether (sulfide) groups is 1. The summed E-state index contributed by atoms with van der Waals surface area (Å²) < 4.78 is 8.68. The Bertz CT molecular complexity index is 928. The molecule has 24 heavy (non-hydrogen) atoms. The van der Waals surface area contributed by atoms with Gasteiger partial charge < -0.3 is 4.74 Å². The summed E-state index contributed by atoms with van der Waals surface area (Å²) in [5.74, 6) is 1.51. The maximum atomic E-state index is 12.7. The van der Waals surface area contributed by atoms with Gasteiger partial charge >= 0.3 is 5.56 Å². The molecule has 7 heteroatoms. The smallest absolute Gasteiger partial charge is 0.300 e. The van der Waals surface area contributed by atoms with E-state index in [0.717, 1.165) is 22.8 Å². The average molecular weight is 342 g/mol. The first-order valence-corrected chi connectivity index (χ1v) is 8.55. The molecule has 0 amide bonds. The molecule has 0 atom stereocenters. The third-order valence-corrected chi connectivity index (χ3v) is 4.49. The third-order valence-electron chi connectivity index (χ3n) is 3.31. The molecule has 0 fully saturated rings. The Morgan fingerprint density at radius 1 is 1.25 bits per heavy atom. The van der Waals surface area contributed by atoms with Crippen LogP contribution in [0, 0.1) is 0 Å². The predicted octanol–water partition coefficient (Wildman–Crippen LogP) is 2.95. The molecule has 0 radical (unpaired) electrons. The van der Waals surface area contributed by atoms with Gasteiger partial charge in [-0.2, -0.15) is 0 Å². The highest BCUT2D eigenvalue weighted by Gasteiger charge is 2.12. The Hall–Kier alpha value is -2.54. The van der Waals surface area contributed by atoms with Crippen molar-refractivity contribution in [1.29, 1.82) is 0 Å². The largest absolute Gasteiger partial charge is 0.494 e. The monoisotopic (exact) mass is 342 g/mol. The summed E-state index contributed by atoms with van der Waals surface area (Å²) in [4.78, 5) is 12.7. The third kappa shape index (κ3) is 3.21. The SMILES string of the molecule is C=C(C)CSc1nnc2c(=O)n(-c3ccc(OCC)cc3)ccn12. The topological polar surface area (TPSA) is 61.4 Å². The Morgan fingerprint density at radius 3 is 2.67 bits per heavy atom. The van der Waals surface area contributed by atoms with Gasteiger partial charge in [0.05, 0.1) is 6.61 Å². The molecule has 0 saturated carbocycles. The van der Waals surface area contributed by atoms with Crippen LogP contribution in [0.2, 0.25) is 0 Å². The molecule has 0 unspecified atom stereocenters. The van der Waals surface area contributed by atoms with Crippen LogP contribution in [0.3, 0.4) is 0 Å². The summed E-state index contributed by atoms with van der Waals surface area (Å²) in [5.41, 5.74) is 1.89. The minimum Gasteiger partial charge on any atom is -0.494 e. The number of ether oxygens (including phenoxy) is 1. The van der Waals surface area contributed by atoms with E-state index in [0.29, 0.717) is 17.4 Å². The van der Waals surface area contributed by atoms with Crippen LogP contribution in [-0.4, -0.2) is 31.5 Å². The van der Waals surface area contributed by atoms with E-state index in [2.05, 4.69) is 16.8 Å². The Balaban J connectivity index is 1.97. The van der Waals surface area contributed by atoms with Crippen LogP contribution in [0.4, 0.5) is 0 Å². The van der Waals surface area contributed by atoms with Gasteiger partial charge in [-0.25, -0.2) is 0 Å². The second-order valence-electron chi connectivity index (χ2n) is 5.32. The van der Waals surface area contributed by atoms with Crippen LogP contribution >= 0.6 is 11.8 Å². The highest BCUT2D eigenvalue weighted by Crippen LogP contribution is 2.18. The van der Waals surface area contributed by atoms with Crippen molar-refractivity contribution >= 4 is 17.4 Å². The van der Waals surface area contributed by atoms with Crippen molar-refractivity contribution in [2.24, 2.45) is 0 Å². The minimum absolute atomic E-state index is 0.212. The van der Waals surface area contributed by atoms with Crippen molar-refractivity contribution in [2.45, 2.75) is 19.0 Å². The molecule has 0 saturated heterocycles. The summed E-state index contributed by atoms with van der Waals surface area (Å²) in [6, 6.07) is 7.37. The standard InChI is InChI=1S/C17H18N4O2S/c1-4-23-14-7-5-13(6-8-14)20-9-10-21-15(16(20)22)18-19-17(21)24-11-12(2)3/h5-10H,2,4,11H2,1,3H3. The lowest BCUT2D eigenvalue weighted by molar-refractivity contribution is 0.340. The Labute approximate surface area is 143 Å². The molecule has 0 aliphatic carbocycles. The van der Waals surface area contributed by atoms with E-state index in [1.807, 2.05) is 38.1 Å². The quantitative estimate of drug-likeness (QED) is 0.509. The molecule has 0 aliphatic heterocycles. The van der Waals surface area contributed by atoms with Gasteiger partial charge in [0, 0.05) is 23.8 Å². The van der Waals surface area contributed by atoms with Gasteiger partial charge in [0.25, 0.3) is 0 Å². The van der Waals surface area contributed by atoms with Crippen molar-refractivity contribution in [3.8, 4) is 11.4 Å². The lowest BCUT2D eigenvalue weighted by atomic mass is 10.3. The molecule has 6 nitrogen and oxygen atoms in total. The molecular formula is C17H18N4O2S. The molecule has 0 aliphatic rings. The summed E-state index contributed by atoms with van der Waals surface area (Å²) in [7, 11) is 0. The van der Waals surface area contributed by atoms with Gasteiger partial charge in [0.2, 0.25) is 5.65 Å². The van der Waals surface area contributed by atoms with Gasteiger partial charge in [0.15, 0.2) is 5.16 Å².